The number of nitrogens with zero attached hydrogens (tertiary/aromatic N) is 1. The average molecular weight is 515 g/mol. The molecule has 4 atom stereocenters. The fourth-order valence-corrected chi connectivity index (χ4v) is 5.43. The van der Waals surface area contributed by atoms with Crippen LogP contribution in [0.15, 0.2) is 29.3 Å². The Morgan fingerprint density at radius 1 is 1.31 bits per heavy atom. The number of aliphatic imine (C=N–C) groups is 1. The third-order valence-electron chi connectivity index (χ3n) is 6.74. The first-order valence-electron chi connectivity index (χ1n) is 10.6. The van der Waals surface area contributed by atoms with Crippen molar-refractivity contribution < 1.29 is 14.2 Å². The zero-order chi connectivity index (χ0) is 19.6. The zero-order valence-corrected chi connectivity index (χ0v) is 20.0. The van der Waals surface area contributed by atoms with Crippen LogP contribution in [0.3, 0.4) is 0 Å². The van der Waals surface area contributed by atoms with Gasteiger partial charge in [-0.15, -0.1) is 24.0 Å². The highest BCUT2D eigenvalue weighted by molar-refractivity contribution is 14.0. The van der Waals surface area contributed by atoms with Gasteiger partial charge >= 0.3 is 0 Å². The van der Waals surface area contributed by atoms with Gasteiger partial charge in [0.05, 0.1) is 19.8 Å². The Morgan fingerprint density at radius 2 is 2.07 bits per heavy atom. The molecule has 1 saturated heterocycles. The molecule has 0 amide bonds. The molecule has 1 spiro atoms. The van der Waals surface area contributed by atoms with Gasteiger partial charge in [-0.1, -0.05) is 18.9 Å². The Hall–Kier alpha value is -1.22. The maximum atomic E-state index is 6.09. The zero-order valence-electron chi connectivity index (χ0n) is 17.6. The molecule has 4 unspecified atom stereocenters. The average Bonchev–Trinajstić information content (AvgIpc) is 3.37. The Morgan fingerprint density at radius 3 is 2.79 bits per heavy atom. The summed E-state index contributed by atoms with van der Waals surface area (Å²) in [5.41, 5.74) is 0.321. The molecule has 2 saturated carbocycles. The minimum atomic E-state index is 0. The first-order chi connectivity index (χ1) is 13.7. The summed E-state index contributed by atoms with van der Waals surface area (Å²) < 4.78 is 17.4. The fourth-order valence-electron chi connectivity index (χ4n) is 5.43. The highest BCUT2D eigenvalue weighted by Crippen LogP contribution is 2.60. The molecule has 2 aliphatic carbocycles. The van der Waals surface area contributed by atoms with E-state index in [1.807, 2.05) is 31.3 Å². The molecule has 162 valence electrons. The highest BCUT2D eigenvalue weighted by Gasteiger charge is 2.65. The Labute approximate surface area is 191 Å². The Kier molecular flexibility index (Phi) is 7.53. The lowest BCUT2D eigenvalue weighted by Gasteiger charge is -2.57. The van der Waals surface area contributed by atoms with Crippen LogP contribution in [0.4, 0.5) is 0 Å². The van der Waals surface area contributed by atoms with E-state index in [9.17, 15) is 0 Å². The first-order valence-corrected chi connectivity index (χ1v) is 10.6. The summed E-state index contributed by atoms with van der Waals surface area (Å²) in [6.45, 7) is 3.65. The van der Waals surface area contributed by atoms with E-state index in [-0.39, 0.29) is 30.1 Å². The lowest BCUT2D eigenvalue weighted by Crippen LogP contribution is -2.69. The lowest BCUT2D eigenvalue weighted by atomic mass is 9.54. The van der Waals surface area contributed by atoms with Crippen molar-refractivity contribution in [3.63, 3.8) is 0 Å². The van der Waals surface area contributed by atoms with Crippen molar-refractivity contribution in [2.24, 2.45) is 16.3 Å². The molecule has 1 heterocycles. The number of ether oxygens (including phenoxy) is 3. The molecule has 0 aromatic heterocycles. The van der Waals surface area contributed by atoms with Crippen LogP contribution in [0.25, 0.3) is 0 Å². The van der Waals surface area contributed by atoms with E-state index in [1.54, 1.807) is 7.11 Å². The first kappa shape index (κ1) is 22.5. The number of guanidine groups is 1. The summed E-state index contributed by atoms with van der Waals surface area (Å²) in [5, 5.41) is 7.17. The summed E-state index contributed by atoms with van der Waals surface area (Å²) in [6.07, 6.45) is 6.83. The number of fused-ring (bicyclic) bond motifs is 2. The van der Waals surface area contributed by atoms with Gasteiger partial charge in [-0.05, 0) is 38.3 Å². The number of nitrogens with one attached hydrogen (secondary N) is 2. The maximum Gasteiger partial charge on any atom is 0.191 e. The number of methoxy groups -OCH3 is 1. The van der Waals surface area contributed by atoms with Gasteiger partial charge in [0, 0.05) is 37.1 Å². The largest absolute Gasteiger partial charge is 0.497 e. The second-order valence-electron chi connectivity index (χ2n) is 8.37. The van der Waals surface area contributed by atoms with E-state index >= 15 is 0 Å². The van der Waals surface area contributed by atoms with Crippen LogP contribution < -0.4 is 20.1 Å². The minimum absolute atomic E-state index is 0. The fraction of sp³-hybridized carbons (Fsp3) is 0.682. The number of benzene rings is 1. The predicted molar refractivity (Wildman–Crippen MR) is 126 cm³/mol. The molecule has 3 aliphatic rings. The highest BCUT2D eigenvalue weighted by atomic mass is 127. The molecular weight excluding hydrogens is 481 g/mol. The lowest BCUT2D eigenvalue weighted by molar-refractivity contribution is -0.125. The van der Waals surface area contributed by atoms with Gasteiger partial charge in [0.2, 0.25) is 0 Å². The number of hydrogen-bond acceptors (Lipinski definition) is 4. The standard InChI is InChI=1S/C22H33N3O3.HI/c1-15(28-17-8-6-7-16(13-17)26-3)14-24-21(23-2)25-19-18-9-12-27-20(18)22(19)10-4-5-11-22;/h6-8,13,15,18-20H,4-5,9-12,14H2,1-3H3,(H2,23,24,25);1H. The van der Waals surface area contributed by atoms with Crippen molar-refractivity contribution in [1.82, 2.24) is 10.6 Å². The van der Waals surface area contributed by atoms with E-state index in [2.05, 4.69) is 22.5 Å². The summed E-state index contributed by atoms with van der Waals surface area (Å²) in [7, 11) is 3.50. The SMILES string of the molecule is CN=C(NCC(C)Oc1cccc(OC)c1)NC1C2CCOC2C12CCCC2.I. The summed E-state index contributed by atoms with van der Waals surface area (Å²) in [4.78, 5) is 4.46. The van der Waals surface area contributed by atoms with Crippen molar-refractivity contribution in [2.75, 3.05) is 27.3 Å². The maximum absolute atomic E-state index is 6.09. The smallest absolute Gasteiger partial charge is 0.191 e. The third-order valence-corrected chi connectivity index (χ3v) is 6.74. The molecular formula is C22H34IN3O3. The molecule has 3 fully saturated rings. The number of rotatable bonds is 6. The molecule has 29 heavy (non-hydrogen) atoms. The van der Waals surface area contributed by atoms with Crippen LogP contribution in [0, 0.1) is 11.3 Å². The topological polar surface area (TPSA) is 64.1 Å². The second kappa shape index (κ2) is 9.73. The summed E-state index contributed by atoms with van der Waals surface area (Å²) in [6, 6.07) is 8.18. The molecule has 2 N–H and O–H groups in total. The van der Waals surface area contributed by atoms with Crippen LogP contribution in [0.1, 0.15) is 39.0 Å². The molecule has 6 nitrogen and oxygen atoms in total. The van der Waals surface area contributed by atoms with E-state index < -0.39 is 0 Å². The van der Waals surface area contributed by atoms with E-state index in [4.69, 9.17) is 14.2 Å². The van der Waals surface area contributed by atoms with Gasteiger partial charge in [0.25, 0.3) is 0 Å². The van der Waals surface area contributed by atoms with Gasteiger partial charge in [-0.25, -0.2) is 0 Å². The Balaban J connectivity index is 0.00000240. The van der Waals surface area contributed by atoms with E-state index in [0.29, 0.717) is 30.0 Å². The normalized spacial score (nSPS) is 28.1. The van der Waals surface area contributed by atoms with Crippen LogP contribution in [-0.4, -0.2) is 51.5 Å². The molecule has 1 aliphatic heterocycles. The third kappa shape index (κ3) is 4.45. The van der Waals surface area contributed by atoms with Crippen molar-refractivity contribution >= 4 is 29.9 Å². The van der Waals surface area contributed by atoms with Crippen LogP contribution >= 0.6 is 24.0 Å². The van der Waals surface area contributed by atoms with Crippen molar-refractivity contribution in [1.29, 1.82) is 0 Å². The van der Waals surface area contributed by atoms with Crippen LogP contribution in [0.5, 0.6) is 11.5 Å². The van der Waals surface area contributed by atoms with Crippen molar-refractivity contribution in [2.45, 2.75) is 57.3 Å². The van der Waals surface area contributed by atoms with Crippen molar-refractivity contribution in [3.8, 4) is 11.5 Å². The van der Waals surface area contributed by atoms with Crippen LogP contribution in [-0.2, 0) is 4.74 Å². The van der Waals surface area contributed by atoms with Gasteiger partial charge in [0.1, 0.15) is 17.6 Å². The molecule has 4 rings (SSSR count). The predicted octanol–water partition coefficient (Wildman–Crippen LogP) is 3.59. The molecule has 1 aromatic carbocycles. The number of hydrogen-bond donors (Lipinski definition) is 2. The van der Waals surface area contributed by atoms with E-state index in [1.165, 1.54) is 25.7 Å². The van der Waals surface area contributed by atoms with E-state index in [0.717, 1.165) is 30.5 Å². The number of halogens is 1. The van der Waals surface area contributed by atoms with Gasteiger partial charge in [-0.3, -0.25) is 4.99 Å². The molecule has 7 heteroatoms. The minimum Gasteiger partial charge on any atom is -0.497 e. The quantitative estimate of drug-likeness (QED) is 0.345. The molecule has 0 radical (unpaired) electrons. The van der Waals surface area contributed by atoms with Crippen molar-refractivity contribution in [3.05, 3.63) is 24.3 Å². The molecule has 0 bridgehead atoms. The second-order valence-corrected chi connectivity index (χ2v) is 8.37. The Bertz CT molecular complexity index is 708. The summed E-state index contributed by atoms with van der Waals surface area (Å²) in [5.74, 6) is 3.10. The van der Waals surface area contributed by atoms with Crippen LogP contribution in [0.2, 0.25) is 0 Å². The van der Waals surface area contributed by atoms with Gasteiger partial charge in [-0.2, -0.15) is 0 Å². The molecule has 1 aromatic rings. The monoisotopic (exact) mass is 515 g/mol. The van der Waals surface area contributed by atoms with Gasteiger partial charge < -0.3 is 24.8 Å². The summed E-state index contributed by atoms with van der Waals surface area (Å²) >= 11 is 0. The van der Waals surface area contributed by atoms with Gasteiger partial charge in [0.15, 0.2) is 5.96 Å².